The summed E-state index contributed by atoms with van der Waals surface area (Å²) in [5.41, 5.74) is 3.70. The van der Waals surface area contributed by atoms with E-state index in [2.05, 4.69) is 37.0 Å². The van der Waals surface area contributed by atoms with Gasteiger partial charge in [0.25, 0.3) is 0 Å². The molecule has 0 atom stereocenters. The minimum atomic E-state index is 0. The van der Waals surface area contributed by atoms with Gasteiger partial charge in [0.15, 0.2) is 0 Å². The van der Waals surface area contributed by atoms with Crippen molar-refractivity contribution in [1.82, 2.24) is 4.98 Å². The van der Waals surface area contributed by atoms with Crippen LogP contribution in [0.5, 0.6) is 0 Å². The molecule has 2 aromatic carbocycles. The third-order valence-corrected chi connectivity index (χ3v) is 3.27. The van der Waals surface area contributed by atoms with Crippen LogP contribution >= 0.6 is 0 Å². The van der Waals surface area contributed by atoms with Gasteiger partial charge < -0.3 is 4.98 Å². The Labute approximate surface area is 114 Å². The second-order valence-electron chi connectivity index (χ2n) is 4.11. The summed E-state index contributed by atoms with van der Waals surface area (Å²) in [6.45, 7) is 4.32. The molecule has 0 saturated heterocycles. The second kappa shape index (κ2) is 4.56. The number of pyridine rings is 1. The van der Waals surface area contributed by atoms with Crippen molar-refractivity contribution in [3.63, 3.8) is 0 Å². The maximum atomic E-state index is 4.48. The molecule has 87 valence electrons. The molecule has 1 nitrogen and oxygen atoms in total. The topological polar surface area (TPSA) is 12.9 Å². The Bertz CT molecular complexity index is 628. The van der Waals surface area contributed by atoms with Crippen LogP contribution in [0.2, 0.25) is 0 Å². The molecule has 1 aromatic heterocycles. The van der Waals surface area contributed by atoms with Crippen LogP contribution in [0.4, 0.5) is 0 Å². The molecule has 0 aliphatic heterocycles. The van der Waals surface area contributed by atoms with Gasteiger partial charge >= 0.3 is 0 Å². The van der Waals surface area contributed by atoms with E-state index in [0.29, 0.717) is 0 Å². The molecule has 0 bridgehead atoms. The molecule has 0 aliphatic carbocycles. The summed E-state index contributed by atoms with van der Waals surface area (Å²) in [5, 5.41) is 3.61. The molecule has 0 aliphatic rings. The average Bonchev–Trinajstić information content (AvgIpc) is 2.36. The molecule has 17 heavy (non-hydrogen) atoms. The molecule has 3 rings (SSSR count). The number of hydrogen-bond donors (Lipinski definition) is 0. The fraction of sp³-hybridized carbons (Fsp3) is 0.133. The van der Waals surface area contributed by atoms with Crippen molar-refractivity contribution >= 4 is 21.7 Å². The van der Waals surface area contributed by atoms with E-state index in [9.17, 15) is 0 Å². The first-order chi connectivity index (χ1) is 7.79. The van der Waals surface area contributed by atoms with Crippen molar-refractivity contribution in [3.05, 3.63) is 53.7 Å². The van der Waals surface area contributed by atoms with E-state index in [-0.39, 0.29) is 20.1 Å². The number of aryl methyl sites for hydroxylation is 2. The van der Waals surface area contributed by atoms with Gasteiger partial charge in [-0.15, -0.1) is 35.0 Å². The average molecular weight is 398 g/mol. The summed E-state index contributed by atoms with van der Waals surface area (Å²) < 4.78 is 0. The number of fused-ring (bicyclic) bond motifs is 3. The van der Waals surface area contributed by atoms with Gasteiger partial charge in [0.2, 0.25) is 0 Å². The first-order valence-corrected chi connectivity index (χ1v) is 5.43. The van der Waals surface area contributed by atoms with E-state index in [1.165, 1.54) is 21.9 Å². The Balaban J connectivity index is 0.00000108. The van der Waals surface area contributed by atoms with Crippen LogP contribution in [0.1, 0.15) is 11.1 Å². The van der Waals surface area contributed by atoms with Crippen molar-refractivity contribution < 1.29 is 20.1 Å². The van der Waals surface area contributed by atoms with Crippen molar-refractivity contribution in [2.45, 2.75) is 13.8 Å². The number of hydrogen-bond acceptors (Lipinski definition) is 1. The van der Waals surface area contributed by atoms with E-state index in [1.54, 1.807) is 0 Å². The van der Waals surface area contributed by atoms with Gasteiger partial charge in [0, 0.05) is 26.3 Å². The standard InChI is InChI=1S/C15H12N.Ir/c1-10-11(2)13-8-5-9-16-15(13)14-7-4-3-6-12(10)14;/h3-6,8-9H,1-2H3;/q-1;. The zero-order valence-electron chi connectivity index (χ0n) is 9.74. The molecule has 1 heterocycles. The van der Waals surface area contributed by atoms with Crippen LogP contribution in [0.25, 0.3) is 21.7 Å². The number of rotatable bonds is 0. The molecule has 3 aromatic rings. The van der Waals surface area contributed by atoms with Crippen molar-refractivity contribution in [2.24, 2.45) is 0 Å². The van der Waals surface area contributed by atoms with Crippen LogP contribution in [0.3, 0.4) is 0 Å². The van der Waals surface area contributed by atoms with Gasteiger partial charge in [-0.1, -0.05) is 17.2 Å². The van der Waals surface area contributed by atoms with E-state index in [0.717, 1.165) is 10.9 Å². The fourth-order valence-corrected chi connectivity index (χ4v) is 2.26. The number of aromatic nitrogens is 1. The molecule has 0 amide bonds. The Morgan fingerprint density at radius 2 is 1.71 bits per heavy atom. The van der Waals surface area contributed by atoms with Crippen molar-refractivity contribution in [2.75, 3.05) is 0 Å². The molecule has 0 unspecified atom stereocenters. The van der Waals surface area contributed by atoms with Crippen LogP contribution in [0, 0.1) is 19.9 Å². The monoisotopic (exact) mass is 399 g/mol. The Morgan fingerprint density at radius 1 is 1.00 bits per heavy atom. The van der Waals surface area contributed by atoms with Crippen LogP contribution in [-0.2, 0) is 20.1 Å². The van der Waals surface area contributed by atoms with Crippen LogP contribution in [-0.4, -0.2) is 4.98 Å². The zero-order chi connectivity index (χ0) is 11.1. The summed E-state index contributed by atoms with van der Waals surface area (Å²) in [6.07, 6.45) is 1.84. The third-order valence-electron chi connectivity index (χ3n) is 3.27. The quantitative estimate of drug-likeness (QED) is 0.415. The zero-order valence-corrected chi connectivity index (χ0v) is 12.1. The normalized spacial score (nSPS) is 10.5. The first-order valence-electron chi connectivity index (χ1n) is 5.43. The SMILES string of the molecule is Cc1c(C)c2cccnc2c2[c-]cccc12.[Ir]. The molecule has 1 radical (unpaired) electrons. The van der Waals surface area contributed by atoms with Gasteiger partial charge in [-0.2, -0.15) is 0 Å². The number of nitrogens with zero attached hydrogens (tertiary/aromatic N) is 1. The van der Waals surface area contributed by atoms with Gasteiger partial charge in [-0.25, -0.2) is 0 Å². The Morgan fingerprint density at radius 3 is 2.53 bits per heavy atom. The van der Waals surface area contributed by atoms with Crippen molar-refractivity contribution in [1.29, 1.82) is 0 Å². The summed E-state index contributed by atoms with van der Waals surface area (Å²) in [5.74, 6) is 0. The van der Waals surface area contributed by atoms with Crippen LogP contribution < -0.4 is 0 Å². The van der Waals surface area contributed by atoms with Gasteiger partial charge in [-0.3, -0.25) is 0 Å². The van der Waals surface area contributed by atoms with Crippen molar-refractivity contribution in [3.8, 4) is 0 Å². The molecule has 0 N–H and O–H groups in total. The summed E-state index contributed by atoms with van der Waals surface area (Å²) in [4.78, 5) is 4.48. The first kappa shape index (κ1) is 12.2. The largest absolute Gasteiger partial charge is 0.304 e. The predicted octanol–water partition coefficient (Wildman–Crippen LogP) is 3.80. The van der Waals surface area contributed by atoms with Gasteiger partial charge in [0.05, 0.1) is 0 Å². The smallest absolute Gasteiger partial charge is 0.0161 e. The molecular formula is C15H12IrN-. The second-order valence-corrected chi connectivity index (χ2v) is 4.11. The minimum absolute atomic E-state index is 0. The molecule has 0 saturated carbocycles. The van der Waals surface area contributed by atoms with E-state index in [1.807, 2.05) is 24.4 Å². The summed E-state index contributed by atoms with van der Waals surface area (Å²) in [7, 11) is 0. The van der Waals surface area contributed by atoms with Gasteiger partial charge in [-0.05, 0) is 30.8 Å². The molecule has 0 spiro atoms. The van der Waals surface area contributed by atoms with E-state index < -0.39 is 0 Å². The Hall–Kier alpha value is -1.24. The maximum absolute atomic E-state index is 4.48. The van der Waals surface area contributed by atoms with E-state index >= 15 is 0 Å². The minimum Gasteiger partial charge on any atom is -0.304 e. The summed E-state index contributed by atoms with van der Waals surface area (Å²) >= 11 is 0. The molecule has 0 fully saturated rings. The van der Waals surface area contributed by atoms with Gasteiger partial charge in [0.1, 0.15) is 0 Å². The number of benzene rings is 2. The molecule has 2 heteroatoms. The van der Waals surface area contributed by atoms with Crippen LogP contribution in [0.15, 0.2) is 36.5 Å². The fourth-order valence-electron chi connectivity index (χ4n) is 2.26. The Kier molecular flexibility index (Phi) is 3.28. The summed E-state index contributed by atoms with van der Waals surface area (Å²) in [6, 6.07) is 13.5. The maximum Gasteiger partial charge on any atom is 0.0161 e. The molecular weight excluding hydrogens is 386 g/mol. The van der Waals surface area contributed by atoms with E-state index in [4.69, 9.17) is 0 Å². The third kappa shape index (κ3) is 1.78. The predicted molar refractivity (Wildman–Crippen MR) is 67.6 cm³/mol.